The molecule has 0 saturated carbocycles. The molecule has 1 heterocycles. The van der Waals surface area contributed by atoms with Crippen molar-refractivity contribution in [1.82, 2.24) is 4.98 Å². The van der Waals surface area contributed by atoms with Crippen molar-refractivity contribution in [2.24, 2.45) is 5.73 Å². The summed E-state index contributed by atoms with van der Waals surface area (Å²) in [5.74, 6) is 0.338. The molecule has 0 aliphatic heterocycles. The number of urea groups is 1. The summed E-state index contributed by atoms with van der Waals surface area (Å²) in [6.07, 6.45) is 0. The summed E-state index contributed by atoms with van der Waals surface area (Å²) >= 11 is 7.17. The molecular formula is C18H15ClN4O3S. The molecule has 0 aliphatic rings. The van der Waals surface area contributed by atoms with Gasteiger partial charge in [0.25, 0.3) is 5.91 Å². The lowest BCUT2D eigenvalue weighted by atomic mass is 10.2. The number of carbonyl (C=O) groups is 2. The molecule has 3 amide bonds. The van der Waals surface area contributed by atoms with Crippen LogP contribution in [0.4, 0.5) is 16.2 Å². The average Bonchev–Trinajstić information content (AvgIpc) is 3.12. The lowest BCUT2D eigenvalue weighted by molar-refractivity contribution is 0.102. The zero-order valence-corrected chi connectivity index (χ0v) is 15.5. The fourth-order valence-corrected chi connectivity index (χ4v) is 2.94. The van der Waals surface area contributed by atoms with Crippen LogP contribution in [-0.4, -0.2) is 16.9 Å². The molecular weight excluding hydrogens is 388 g/mol. The number of thiazole rings is 1. The number of anilines is 2. The molecule has 1 aromatic heterocycles. The molecule has 0 aliphatic carbocycles. The van der Waals surface area contributed by atoms with Crippen molar-refractivity contribution >= 4 is 46.3 Å². The maximum Gasteiger partial charge on any atom is 0.316 e. The van der Waals surface area contributed by atoms with Crippen LogP contribution in [0, 0.1) is 0 Å². The first kappa shape index (κ1) is 18.7. The molecule has 4 N–H and O–H groups in total. The second kappa shape index (κ2) is 8.52. The van der Waals surface area contributed by atoms with Crippen LogP contribution in [0.3, 0.4) is 0 Å². The fraction of sp³-hybridized carbons (Fsp3) is 0.0556. The topological polar surface area (TPSA) is 106 Å². The van der Waals surface area contributed by atoms with E-state index in [-0.39, 0.29) is 12.5 Å². The maximum absolute atomic E-state index is 12.3. The van der Waals surface area contributed by atoms with E-state index in [2.05, 4.69) is 15.6 Å². The summed E-state index contributed by atoms with van der Waals surface area (Å²) < 4.78 is 5.62. The molecule has 0 radical (unpaired) electrons. The van der Waals surface area contributed by atoms with Crippen molar-refractivity contribution in [3.63, 3.8) is 0 Å². The van der Waals surface area contributed by atoms with Gasteiger partial charge in [-0.3, -0.25) is 4.79 Å². The minimum Gasteiger partial charge on any atom is -0.486 e. The van der Waals surface area contributed by atoms with Gasteiger partial charge in [-0.1, -0.05) is 11.6 Å². The second-order valence-corrected chi connectivity index (χ2v) is 6.77. The molecule has 0 saturated heterocycles. The van der Waals surface area contributed by atoms with Gasteiger partial charge in [-0.15, -0.1) is 11.3 Å². The highest BCUT2D eigenvalue weighted by Crippen LogP contribution is 2.19. The first-order valence-electron chi connectivity index (χ1n) is 7.80. The number of nitrogens with zero attached hydrogens (tertiary/aromatic N) is 1. The van der Waals surface area contributed by atoms with E-state index >= 15 is 0 Å². The Bertz CT molecular complexity index is 942. The van der Waals surface area contributed by atoms with Crippen LogP contribution in [0.15, 0.2) is 53.9 Å². The van der Waals surface area contributed by atoms with Gasteiger partial charge in [-0.2, -0.15) is 0 Å². The summed E-state index contributed by atoms with van der Waals surface area (Å²) in [5.41, 5.74) is 6.46. The predicted octanol–water partition coefficient (Wildman–Crippen LogP) is 4.12. The number of hydrogen-bond acceptors (Lipinski definition) is 5. The zero-order valence-electron chi connectivity index (χ0n) is 13.9. The van der Waals surface area contributed by atoms with Gasteiger partial charge >= 0.3 is 6.03 Å². The smallest absolute Gasteiger partial charge is 0.316 e. The van der Waals surface area contributed by atoms with Gasteiger partial charge in [0, 0.05) is 21.8 Å². The van der Waals surface area contributed by atoms with Crippen molar-refractivity contribution in [2.75, 3.05) is 10.6 Å². The highest BCUT2D eigenvalue weighted by molar-refractivity contribution is 7.09. The van der Waals surface area contributed by atoms with E-state index in [0.29, 0.717) is 32.8 Å². The molecule has 9 heteroatoms. The third-order valence-corrected chi connectivity index (χ3v) is 4.44. The number of primary amides is 1. The predicted molar refractivity (Wildman–Crippen MR) is 105 cm³/mol. The van der Waals surface area contributed by atoms with E-state index in [1.165, 1.54) is 11.3 Å². The lowest BCUT2D eigenvalue weighted by Gasteiger charge is -2.05. The average molecular weight is 403 g/mol. The van der Waals surface area contributed by atoms with Gasteiger partial charge in [0.1, 0.15) is 23.1 Å². The third kappa shape index (κ3) is 5.44. The quantitative estimate of drug-likeness (QED) is 0.576. The first-order valence-corrected chi connectivity index (χ1v) is 9.06. The molecule has 0 bridgehead atoms. The van der Waals surface area contributed by atoms with Gasteiger partial charge in [0.2, 0.25) is 0 Å². The molecule has 3 aromatic rings. The largest absolute Gasteiger partial charge is 0.486 e. The zero-order chi connectivity index (χ0) is 19.2. The Morgan fingerprint density at radius 2 is 1.67 bits per heavy atom. The Morgan fingerprint density at radius 1 is 1.04 bits per heavy atom. The SMILES string of the molecule is NC(=O)Nc1ccc(NC(=O)c2csc(COc3ccc(Cl)cc3)n2)cc1. The molecule has 0 fully saturated rings. The minimum absolute atomic E-state index is 0.257. The van der Waals surface area contributed by atoms with Crippen molar-refractivity contribution in [3.8, 4) is 5.75 Å². The van der Waals surface area contributed by atoms with Crippen LogP contribution in [0.1, 0.15) is 15.5 Å². The Kier molecular flexibility index (Phi) is 5.90. The second-order valence-electron chi connectivity index (χ2n) is 5.39. The number of carbonyl (C=O) groups excluding carboxylic acids is 2. The Labute approximate surface area is 164 Å². The molecule has 27 heavy (non-hydrogen) atoms. The van der Waals surface area contributed by atoms with Crippen LogP contribution in [0.5, 0.6) is 5.75 Å². The van der Waals surface area contributed by atoms with E-state index in [4.69, 9.17) is 22.1 Å². The summed E-state index contributed by atoms with van der Waals surface area (Å²) in [6.45, 7) is 0.257. The van der Waals surface area contributed by atoms with Crippen LogP contribution >= 0.6 is 22.9 Å². The monoisotopic (exact) mass is 402 g/mol. The van der Waals surface area contributed by atoms with Crippen LogP contribution in [-0.2, 0) is 6.61 Å². The van der Waals surface area contributed by atoms with E-state index in [0.717, 1.165) is 0 Å². The molecule has 138 valence electrons. The van der Waals surface area contributed by atoms with Gasteiger partial charge in [-0.05, 0) is 48.5 Å². The first-order chi connectivity index (χ1) is 13.0. The molecule has 0 unspecified atom stereocenters. The summed E-state index contributed by atoms with van der Waals surface area (Å²) in [4.78, 5) is 27.4. The van der Waals surface area contributed by atoms with Crippen molar-refractivity contribution < 1.29 is 14.3 Å². The number of halogens is 1. The molecule has 3 rings (SSSR count). The van der Waals surface area contributed by atoms with Gasteiger partial charge in [0.15, 0.2) is 0 Å². The third-order valence-electron chi connectivity index (χ3n) is 3.37. The number of hydrogen-bond donors (Lipinski definition) is 3. The number of benzene rings is 2. The summed E-state index contributed by atoms with van der Waals surface area (Å²) in [5, 5.41) is 8.16. The van der Waals surface area contributed by atoms with Crippen molar-refractivity contribution in [3.05, 3.63) is 69.6 Å². The number of rotatable bonds is 6. The molecule has 2 aromatic carbocycles. The van der Waals surface area contributed by atoms with Crippen LogP contribution < -0.4 is 21.1 Å². The lowest BCUT2D eigenvalue weighted by Crippen LogP contribution is -2.19. The number of ether oxygens (including phenoxy) is 1. The standard InChI is InChI=1S/C18H15ClN4O3S/c19-11-1-7-14(8-2-11)26-9-16-23-15(10-27-16)17(24)21-12-3-5-13(6-4-12)22-18(20)25/h1-8,10H,9H2,(H,21,24)(H3,20,22,25). The fourth-order valence-electron chi connectivity index (χ4n) is 2.13. The Hall–Kier alpha value is -3.10. The maximum atomic E-state index is 12.3. The summed E-state index contributed by atoms with van der Waals surface area (Å²) in [7, 11) is 0. The van der Waals surface area contributed by atoms with Gasteiger partial charge < -0.3 is 21.1 Å². The van der Waals surface area contributed by atoms with E-state index < -0.39 is 6.03 Å². The van der Waals surface area contributed by atoms with Crippen LogP contribution in [0.2, 0.25) is 5.02 Å². The van der Waals surface area contributed by atoms with E-state index in [1.54, 1.807) is 53.9 Å². The summed E-state index contributed by atoms with van der Waals surface area (Å²) in [6, 6.07) is 12.9. The minimum atomic E-state index is -0.650. The van der Waals surface area contributed by atoms with Crippen molar-refractivity contribution in [2.45, 2.75) is 6.61 Å². The number of nitrogens with one attached hydrogen (secondary N) is 2. The molecule has 7 nitrogen and oxygen atoms in total. The van der Waals surface area contributed by atoms with Crippen molar-refractivity contribution in [1.29, 1.82) is 0 Å². The molecule has 0 atom stereocenters. The van der Waals surface area contributed by atoms with E-state index in [9.17, 15) is 9.59 Å². The molecule has 0 spiro atoms. The number of amides is 3. The van der Waals surface area contributed by atoms with E-state index in [1.807, 2.05) is 0 Å². The van der Waals surface area contributed by atoms with Gasteiger partial charge in [0.05, 0.1) is 0 Å². The highest BCUT2D eigenvalue weighted by atomic mass is 35.5. The highest BCUT2D eigenvalue weighted by Gasteiger charge is 2.11. The van der Waals surface area contributed by atoms with Gasteiger partial charge in [-0.25, -0.2) is 9.78 Å². The number of aromatic nitrogens is 1. The van der Waals surface area contributed by atoms with Crippen LogP contribution in [0.25, 0.3) is 0 Å². The Balaban J connectivity index is 1.56. The normalized spacial score (nSPS) is 10.3. The number of nitrogens with two attached hydrogens (primary N) is 1. The Morgan fingerprint density at radius 3 is 2.30 bits per heavy atom.